The van der Waals surface area contributed by atoms with Crippen LogP contribution in [-0.4, -0.2) is 42.9 Å². The molecule has 3 amide bonds. The fourth-order valence-electron chi connectivity index (χ4n) is 3.11. The van der Waals surface area contributed by atoms with Crippen molar-refractivity contribution in [1.82, 2.24) is 10.6 Å². The van der Waals surface area contributed by atoms with Crippen LogP contribution in [0.3, 0.4) is 0 Å². The van der Waals surface area contributed by atoms with E-state index in [4.69, 9.17) is 17.2 Å². The van der Waals surface area contributed by atoms with Crippen molar-refractivity contribution in [2.75, 3.05) is 13.1 Å². The summed E-state index contributed by atoms with van der Waals surface area (Å²) in [5.74, 6) is -0.0514. The molecule has 178 valence electrons. The Morgan fingerprint density at radius 3 is 1.87 bits per heavy atom. The van der Waals surface area contributed by atoms with Crippen molar-refractivity contribution in [3.63, 3.8) is 0 Å². The summed E-state index contributed by atoms with van der Waals surface area (Å²) in [6.07, 6.45) is 6.60. The summed E-state index contributed by atoms with van der Waals surface area (Å²) in [5.41, 5.74) is 16.3. The highest BCUT2D eigenvalue weighted by molar-refractivity contribution is 5.91. The van der Waals surface area contributed by atoms with E-state index in [1.54, 1.807) is 0 Å². The van der Waals surface area contributed by atoms with E-state index in [2.05, 4.69) is 31.4 Å². The molecule has 2 atom stereocenters. The Bertz CT molecular complexity index is 463. The van der Waals surface area contributed by atoms with Crippen LogP contribution in [0.5, 0.6) is 0 Å². The molecular formula is C22H47N5O3. The number of amides is 3. The van der Waals surface area contributed by atoms with Gasteiger partial charge in [-0.25, -0.2) is 0 Å². The van der Waals surface area contributed by atoms with Gasteiger partial charge in [0.05, 0.1) is 0 Å². The predicted octanol–water partition coefficient (Wildman–Crippen LogP) is 1.80. The molecule has 8 nitrogen and oxygen atoms in total. The first-order chi connectivity index (χ1) is 14.2. The van der Waals surface area contributed by atoms with Gasteiger partial charge in [-0.3, -0.25) is 14.4 Å². The molecule has 2 unspecified atom stereocenters. The average molecular weight is 430 g/mol. The van der Waals surface area contributed by atoms with Gasteiger partial charge in [0.1, 0.15) is 12.1 Å². The van der Waals surface area contributed by atoms with Crippen LogP contribution in [0.15, 0.2) is 0 Å². The Morgan fingerprint density at radius 1 is 0.900 bits per heavy atom. The van der Waals surface area contributed by atoms with Gasteiger partial charge in [-0.2, -0.15) is 0 Å². The SMILES string of the molecule is CC.CC(C)C.NCCC(=O)NC(CCN)C(=O)NC(CC1CCCCC1)C(N)=O. The lowest BCUT2D eigenvalue weighted by molar-refractivity contribution is -0.131. The van der Waals surface area contributed by atoms with Crippen LogP contribution >= 0.6 is 0 Å². The van der Waals surface area contributed by atoms with Gasteiger partial charge in [-0.1, -0.05) is 66.7 Å². The molecule has 30 heavy (non-hydrogen) atoms. The highest BCUT2D eigenvalue weighted by Gasteiger charge is 2.27. The summed E-state index contributed by atoms with van der Waals surface area (Å²) >= 11 is 0. The molecule has 1 aliphatic carbocycles. The first kappa shape index (κ1) is 30.5. The maximum Gasteiger partial charge on any atom is 0.243 e. The van der Waals surface area contributed by atoms with E-state index >= 15 is 0 Å². The monoisotopic (exact) mass is 429 g/mol. The van der Waals surface area contributed by atoms with E-state index in [-0.39, 0.29) is 31.8 Å². The molecule has 1 aliphatic rings. The number of nitrogens with one attached hydrogen (secondary N) is 2. The molecule has 1 rings (SSSR count). The van der Waals surface area contributed by atoms with E-state index < -0.39 is 23.9 Å². The van der Waals surface area contributed by atoms with Gasteiger partial charge in [-0.05, 0) is 31.2 Å². The van der Waals surface area contributed by atoms with Crippen LogP contribution in [0.2, 0.25) is 0 Å². The highest BCUT2D eigenvalue weighted by Crippen LogP contribution is 2.27. The maximum atomic E-state index is 12.4. The van der Waals surface area contributed by atoms with Crippen LogP contribution in [0, 0.1) is 11.8 Å². The highest BCUT2D eigenvalue weighted by atomic mass is 16.2. The largest absolute Gasteiger partial charge is 0.368 e. The predicted molar refractivity (Wildman–Crippen MR) is 123 cm³/mol. The number of carbonyl (C=O) groups excluding carboxylic acids is 3. The third-order valence-electron chi connectivity index (χ3n) is 4.43. The van der Waals surface area contributed by atoms with Crippen LogP contribution in [0.25, 0.3) is 0 Å². The van der Waals surface area contributed by atoms with Crippen molar-refractivity contribution >= 4 is 17.7 Å². The average Bonchev–Trinajstić information content (AvgIpc) is 2.69. The number of hydrogen-bond donors (Lipinski definition) is 5. The smallest absolute Gasteiger partial charge is 0.243 e. The van der Waals surface area contributed by atoms with Crippen molar-refractivity contribution in [3.05, 3.63) is 0 Å². The van der Waals surface area contributed by atoms with Gasteiger partial charge >= 0.3 is 0 Å². The molecule has 0 bridgehead atoms. The Morgan fingerprint density at radius 2 is 1.43 bits per heavy atom. The fourth-order valence-corrected chi connectivity index (χ4v) is 3.11. The minimum atomic E-state index is -0.776. The fraction of sp³-hybridized carbons (Fsp3) is 0.864. The van der Waals surface area contributed by atoms with Gasteiger partial charge in [0.2, 0.25) is 17.7 Å². The Labute approximate surface area is 183 Å². The molecule has 8 heteroatoms. The minimum Gasteiger partial charge on any atom is -0.368 e. The van der Waals surface area contributed by atoms with E-state index in [9.17, 15) is 14.4 Å². The quantitative estimate of drug-likeness (QED) is 0.358. The second-order valence-electron chi connectivity index (χ2n) is 8.17. The molecule has 0 aliphatic heterocycles. The second-order valence-corrected chi connectivity index (χ2v) is 8.17. The molecule has 1 fully saturated rings. The molecule has 0 heterocycles. The molecule has 0 saturated heterocycles. The standard InChI is InChI=1S/C16H31N5O3.C4H10.C2H6/c17-8-6-12(20-14(22)7-9-18)16(24)21-13(15(19)23)10-11-4-2-1-3-5-11;1-4(2)3;1-2/h11-13H,1-10,17-18H2,(H2,19,23)(H,20,22)(H,21,24);4H,1-3H3;1-2H3. The molecule has 0 aromatic carbocycles. The molecule has 1 saturated carbocycles. The van der Waals surface area contributed by atoms with Crippen LogP contribution < -0.4 is 27.8 Å². The number of primary amides is 1. The Balaban J connectivity index is 0. The lowest BCUT2D eigenvalue weighted by atomic mass is 9.84. The van der Waals surface area contributed by atoms with Crippen LogP contribution in [0.4, 0.5) is 0 Å². The molecule has 0 spiro atoms. The minimum absolute atomic E-state index is 0.135. The Kier molecular flexibility index (Phi) is 19.6. The number of carbonyl (C=O) groups is 3. The summed E-state index contributed by atoms with van der Waals surface area (Å²) in [5, 5.41) is 5.28. The molecule has 0 radical (unpaired) electrons. The summed E-state index contributed by atoms with van der Waals surface area (Å²) < 4.78 is 0. The first-order valence-corrected chi connectivity index (χ1v) is 11.5. The second kappa shape index (κ2) is 19.3. The van der Waals surface area contributed by atoms with Crippen molar-refractivity contribution in [1.29, 1.82) is 0 Å². The topological polar surface area (TPSA) is 153 Å². The zero-order valence-corrected chi connectivity index (χ0v) is 19.8. The van der Waals surface area contributed by atoms with Crippen LogP contribution in [0.1, 0.15) is 86.0 Å². The molecule has 0 aromatic heterocycles. The Hall–Kier alpha value is -1.67. The number of nitrogens with two attached hydrogens (primary N) is 3. The number of rotatable bonds is 10. The van der Waals surface area contributed by atoms with Crippen molar-refractivity contribution in [2.24, 2.45) is 29.0 Å². The lowest BCUT2D eigenvalue weighted by Crippen LogP contribution is -2.54. The zero-order valence-electron chi connectivity index (χ0n) is 19.8. The van der Waals surface area contributed by atoms with Gasteiger partial charge < -0.3 is 27.8 Å². The molecule has 8 N–H and O–H groups in total. The maximum absolute atomic E-state index is 12.4. The van der Waals surface area contributed by atoms with Gasteiger partial charge in [-0.15, -0.1) is 0 Å². The van der Waals surface area contributed by atoms with E-state index in [0.29, 0.717) is 12.3 Å². The van der Waals surface area contributed by atoms with Crippen molar-refractivity contribution in [3.8, 4) is 0 Å². The van der Waals surface area contributed by atoms with Gasteiger partial charge in [0, 0.05) is 13.0 Å². The summed E-state index contributed by atoms with van der Waals surface area (Å²) in [4.78, 5) is 35.8. The molecule has 0 aromatic rings. The summed E-state index contributed by atoms with van der Waals surface area (Å²) in [6.45, 7) is 10.9. The molecular weight excluding hydrogens is 382 g/mol. The zero-order chi connectivity index (χ0) is 23.5. The van der Waals surface area contributed by atoms with Gasteiger partial charge in [0.25, 0.3) is 0 Å². The van der Waals surface area contributed by atoms with E-state index in [0.717, 1.165) is 31.6 Å². The van der Waals surface area contributed by atoms with Crippen molar-refractivity contribution in [2.45, 2.75) is 98.1 Å². The van der Waals surface area contributed by atoms with E-state index in [1.165, 1.54) is 6.42 Å². The summed E-state index contributed by atoms with van der Waals surface area (Å²) in [6, 6.07) is -1.49. The lowest BCUT2D eigenvalue weighted by Gasteiger charge is -2.27. The van der Waals surface area contributed by atoms with E-state index in [1.807, 2.05) is 13.8 Å². The third-order valence-corrected chi connectivity index (χ3v) is 4.43. The van der Waals surface area contributed by atoms with Crippen LogP contribution in [-0.2, 0) is 14.4 Å². The normalized spacial score (nSPS) is 15.6. The third kappa shape index (κ3) is 16.2. The van der Waals surface area contributed by atoms with Gasteiger partial charge in [0.15, 0.2) is 0 Å². The van der Waals surface area contributed by atoms with Crippen molar-refractivity contribution < 1.29 is 14.4 Å². The summed E-state index contributed by atoms with van der Waals surface area (Å²) in [7, 11) is 0. The first-order valence-electron chi connectivity index (χ1n) is 11.5. The number of hydrogen-bond acceptors (Lipinski definition) is 5.